The number of hydrogen-bond donors (Lipinski definition) is 1. The van der Waals surface area contributed by atoms with Gasteiger partial charge in [-0.2, -0.15) is 0 Å². The molecule has 0 aliphatic carbocycles. The number of amides is 2. The maximum Gasteiger partial charge on any atom is 0.263 e. The Bertz CT molecular complexity index is 868. The van der Waals surface area contributed by atoms with Gasteiger partial charge in [0.1, 0.15) is 5.56 Å². The number of pyridine rings is 1. The summed E-state index contributed by atoms with van der Waals surface area (Å²) in [5.41, 5.74) is 1.12. The van der Waals surface area contributed by atoms with Crippen LogP contribution in [0, 0.1) is 5.92 Å². The molecule has 1 N–H and O–H groups in total. The molecule has 6 heteroatoms. The predicted molar refractivity (Wildman–Crippen MR) is 108 cm³/mol. The molecule has 0 atom stereocenters. The van der Waals surface area contributed by atoms with Gasteiger partial charge in [0.2, 0.25) is 5.91 Å². The molecule has 0 bridgehead atoms. The Morgan fingerprint density at radius 3 is 2.50 bits per heavy atom. The lowest BCUT2D eigenvalue weighted by atomic mass is 9.96. The number of hydrogen-bond acceptors (Lipinski definition) is 3. The summed E-state index contributed by atoms with van der Waals surface area (Å²) in [6.07, 6.45) is 4.53. The molecular formula is C22H27N3O3. The van der Waals surface area contributed by atoms with Gasteiger partial charge in [0.05, 0.1) is 0 Å². The topological polar surface area (TPSA) is 71.4 Å². The standard InChI is InChI=1S/C22H27N3O3/c1-24-13-5-8-19(21(24)27)22(28)25-14-11-18(12-15-25)16-23-20(26)10-9-17-6-3-2-4-7-17/h2-8,13,18H,9-12,14-16H2,1H3,(H,23,26). The largest absolute Gasteiger partial charge is 0.356 e. The number of benzene rings is 1. The molecule has 2 heterocycles. The first kappa shape index (κ1) is 19.9. The molecule has 2 amide bonds. The number of carbonyl (C=O) groups excluding carboxylic acids is 2. The van der Waals surface area contributed by atoms with Crippen molar-refractivity contribution < 1.29 is 9.59 Å². The van der Waals surface area contributed by atoms with Crippen LogP contribution in [0.1, 0.15) is 35.2 Å². The molecule has 0 radical (unpaired) electrons. The zero-order chi connectivity index (χ0) is 19.9. The van der Waals surface area contributed by atoms with E-state index in [-0.39, 0.29) is 22.9 Å². The summed E-state index contributed by atoms with van der Waals surface area (Å²) < 4.78 is 1.42. The number of piperidine rings is 1. The predicted octanol–water partition coefficient (Wildman–Crippen LogP) is 1.99. The van der Waals surface area contributed by atoms with Crippen LogP contribution in [-0.4, -0.2) is 40.9 Å². The van der Waals surface area contributed by atoms with Crippen molar-refractivity contribution in [1.82, 2.24) is 14.8 Å². The molecule has 0 spiro atoms. The summed E-state index contributed by atoms with van der Waals surface area (Å²) in [4.78, 5) is 38.5. The molecule has 148 valence electrons. The lowest BCUT2D eigenvalue weighted by molar-refractivity contribution is -0.121. The highest BCUT2D eigenvalue weighted by atomic mass is 16.2. The van der Waals surface area contributed by atoms with Crippen LogP contribution in [0.2, 0.25) is 0 Å². The molecule has 0 saturated carbocycles. The fourth-order valence-corrected chi connectivity index (χ4v) is 3.52. The van der Waals surface area contributed by atoms with E-state index in [0.29, 0.717) is 32.0 Å². The molecule has 2 aromatic rings. The zero-order valence-electron chi connectivity index (χ0n) is 16.3. The van der Waals surface area contributed by atoms with Crippen LogP contribution < -0.4 is 10.9 Å². The van der Waals surface area contributed by atoms with Crippen molar-refractivity contribution in [3.63, 3.8) is 0 Å². The first-order chi connectivity index (χ1) is 13.5. The minimum Gasteiger partial charge on any atom is -0.356 e. The highest BCUT2D eigenvalue weighted by Gasteiger charge is 2.25. The van der Waals surface area contributed by atoms with Crippen LogP contribution >= 0.6 is 0 Å². The second-order valence-corrected chi connectivity index (χ2v) is 7.36. The maximum absolute atomic E-state index is 12.6. The average molecular weight is 381 g/mol. The third kappa shape index (κ3) is 5.09. The van der Waals surface area contributed by atoms with Gasteiger partial charge < -0.3 is 14.8 Å². The second kappa shape index (κ2) is 9.35. The third-order valence-corrected chi connectivity index (χ3v) is 5.33. The van der Waals surface area contributed by atoms with Gasteiger partial charge in [-0.15, -0.1) is 0 Å². The quantitative estimate of drug-likeness (QED) is 0.832. The summed E-state index contributed by atoms with van der Waals surface area (Å²) >= 11 is 0. The van der Waals surface area contributed by atoms with Crippen LogP contribution in [0.4, 0.5) is 0 Å². The van der Waals surface area contributed by atoms with Gasteiger partial charge in [0.15, 0.2) is 0 Å². The number of nitrogens with zero attached hydrogens (tertiary/aromatic N) is 2. The van der Waals surface area contributed by atoms with E-state index in [9.17, 15) is 14.4 Å². The summed E-state index contributed by atoms with van der Waals surface area (Å²) in [5, 5.41) is 3.02. The van der Waals surface area contributed by atoms with E-state index >= 15 is 0 Å². The third-order valence-electron chi connectivity index (χ3n) is 5.33. The molecule has 1 aliphatic heterocycles. The van der Waals surface area contributed by atoms with E-state index in [4.69, 9.17) is 0 Å². The Kier molecular flexibility index (Phi) is 6.63. The highest BCUT2D eigenvalue weighted by Crippen LogP contribution is 2.18. The normalized spacial score (nSPS) is 14.7. The minimum absolute atomic E-state index is 0.0649. The van der Waals surface area contributed by atoms with Crippen LogP contribution in [0.3, 0.4) is 0 Å². The SMILES string of the molecule is Cn1cccc(C(=O)N2CCC(CNC(=O)CCc3ccccc3)CC2)c1=O. The Balaban J connectivity index is 1.41. The molecule has 1 aromatic carbocycles. The van der Waals surface area contributed by atoms with Crippen molar-refractivity contribution in [3.05, 3.63) is 70.1 Å². The van der Waals surface area contributed by atoms with Gasteiger partial charge in [0.25, 0.3) is 11.5 Å². The summed E-state index contributed by atoms with van der Waals surface area (Å²) in [5.74, 6) is 0.227. The van der Waals surface area contributed by atoms with Gasteiger partial charge in [0, 0.05) is 39.3 Å². The van der Waals surface area contributed by atoms with Crippen LogP contribution in [0.15, 0.2) is 53.5 Å². The van der Waals surface area contributed by atoms with Crippen molar-refractivity contribution in [2.75, 3.05) is 19.6 Å². The van der Waals surface area contributed by atoms with E-state index in [0.717, 1.165) is 24.8 Å². The van der Waals surface area contributed by atoms with Gasteiger partial charge in [-0.25, -0.2) is 0 Å². The summed E-state index contributed by atoms with van der Waals surface area (Å²) in [7, 11) is 1.64. The molecular weight excluding hydrogens is 354 g/mol. The highest BCUT2D eigenvalue weighted by molar-refractivity contribution is 5.93. The zero-order valence-corrected chi connectivity index (χ0v) is 16.3. The van der Waals surface area contributed by atoms with E-state index < -0.39 is 0 Å². The second-order valence-electron chi connectivity index (χ2n) is 7.36. The number of likely N-dealkylation sites (tertiary alicyclic amines) is 1. The van der Waals surface area contributed by atoms with Crippen molar-refractivity contribution in [1.29, 1.82) is 0 Å². The Morgan fingerprint density at radius 1 is 1.07 bits per heavy atom. The van der Waals surface area contributed by atoms with Crippen LogP contribution in [0.25, 0.3) is 0 Å². The lowest BCUT2D eigenvalue weighted by Crippen LogP contribution is -2.43. The molecule has 1 saturated heterocycles. The monoisotopic (exact) mass is 381 g/mol. The van der Waals surface area contributed by atoms with E-state index in [1.165, 1.54) is 4.57 Å². The van der Waals surface area contributed by atoms with Gasteiger partial charge in [-0.3, -0.25) is 14.4 Å². The van der Waals surface area contributed by atoms with E-state index in [1.54, 1.807) is 30.3 Å². The number of nitrogens with one attached hydrogen (secondary N) is 1. The molecule has 1 aromatic heterocycles. The number of aromatic nitrogens is 1. The molecule has 1 aliphatic rings. The number of aryl methyl sites for hydroxylation is 2. The van der Waals surface area contributed by atoms with E-state index in [2.05, 4.69) is 5.32 Å². The van der Waals surface area contributed by atoms with Gasteiger partial charge in [-0.1, -0.05) is 30.3 Å². The van der Waals surface area contributed by atoms with Gasteiger partial charge in [-0.05, 0) is 42.9 Å². The number of rotatable bonds is 6. The van der Waals surface area contributed by atoms with Crippen molar-refractivity contribution in [2.24, 2.45) is 13.0 Å². The summed E-state index contributed by atoms with van der Waals surface area (Å²) in [6.45, 7) is 1.87. The molecule has 0 unspecified atom stereocenters. The smallest absolute Gasteiger partial charge is 0.263 e. The Labute approximate surface area is 165 Å². The van der Waals surface area contributed by atoms with Gasteiger partial charge >= 0.3 is 0 Å². The van der Waals surface area contributed by atoms with Crippen molar-refractivity contribution in [2.45, 2.75) is 25.7 Å². The lowest BCUT2D eigenvalue weighted by Gasteiger charge is -2.32. The van der Waals surface area contributed by atoms with Crippen LogP contribution in [-0.2, 0) is 18.3 Å². The van der Waals surface area contributed by atoms with Crippen molar-refractivity contribution >= 4 is 11.8 Å². The van der Waals surface area contributed by atoms with Crippen LogP contribution in [0.5, 0.6) is 0 Å². The Hall–Kier alpha value is -2.89. The first-order valence-electron chi connectivity index (χ1n) is 9.80. The fraction of sp³-hybridized carbons (Fsp3) is 0.409. The van der Waals surface area contributed by atoms with Crippen molar-refractivity contribution in [3.8, 4) is 0 Å². The molecule has 1 fully saturated rings. The first-order valence-corrected chi connectivity index (χ1v) is 9.80. The number of carbonyl (C=O) groups is 2. The fourth-order valence-electron chi connectivity index (χ4n) is 3.52. The molecule has 28 heavy (non-hydrogen) atoms. The Morgan fingerprint density at radius 2 is 1.79 bits per heavy atom. The summed E-state index contributed by atoms with van der Waals surface area (Å²) in [6, 6.07) is 13.3. The minimum atomic E-state index is -0.264. The average Bonchev–Trinajstić information content (AvgIpc) is 2.73. The molecule has 6 nitrogen and oxygen atoms in total. The van der Waals surface area contributed by atoms with E-state index in [1.807, 2.05) is 30.3 Å². The maximum atomic E-state index is 12.6. The molecule has 3 rings (SSSR count).